The molecule has 1 rings (SSSR count). The zero-order valence-electron chi connectivity index (χ0n) is 8.62. The molecule has 0 saturated carbocycles. The van der Waals surface area contributed by atoms with Gasteiger partial charge in [-0.15, -0.1) is 0 Å². The van der Waals surface area contributed by atoms with E-state index in [2.05, 4.69) is 19.2 Å². The average Bonchev–Trinajstić information content (AvgIpc) is 2.53. The van der Waals surface area contributed by atoms with Gasteiger partial charge in [0.1, 0.15) is 0 Å². The molecular weight excluding hydrogens is 166 g/mol. The number of aliphatic hydroxyl groups is 1. The molecule has 1 fully saturated rings. The molecule has 0 amide bonds. The average molecular weight is 187 g/mol. The maximum Gasteiger partial charge on any atom is 0.0704 e. The highest BCUT2D eigenvalue weighted by Crippen LogP contribution is 2.18. The number of hydrogen-bond donors (Lipinski definition) is 2. The van der Waals surface area contributed by atoms with E-state index in [0.29, 0.717) is 12.2 Å². The first-order valence-corrected chi connectivity index (χ1v) is 5.26. The van der Waals surface area contributed by atoms with Crippen molar-refractivity contribution in [3.63, 3.8) is 0 Å². The molecule has 0 bridgehead atoms. The number of rotatable bonds is 5. The SMILES string of the molecule is CC[C@H](CO)NCC1CCC(C)O1. The number of ether oxygens (including phenoxy) is 1. The summed E-state index contributed by atoms with van der Waals surface area (Å²) in [5.74, 6) is 0. The van der Waals surface area contributed by atoms with Crippen LogP contribution < -0.4 is 5.32 Å². The molecule has 2 unspecified atom stereocenters. The molecule has 1 aliphatic rings. The highest BCUT2D eigenvalue weighted by Gasteiger charge is 2.21. The highest BCUT2D eigenvalue weighted by molar-refractivity contribution is 4.74. The maximum atomic E-state index is 8.95. The Hall–Kier alpha value is -0.120. The molecule has 1 heterocycles. The first kappa shape index (κ1) is 11.0. The molecule has 13 heavy (non-hydrogen) atoms. The van der Waals surface area contributed by atoms with Crippen LogP contribution in [-0.2, 0) is 4.74 Å². The topological polar surface area (TPSA) is 41.5 Å². The van der Waals surface area contributed by atoms with E-state index in [1.54, 1.807) is 0 Å². The van der Waals surface area contributed by atoms with Crippen molar-refractivity contribution in [1.29, 1.82) is 0 Å². The summed E-state index contributed by atoms with van der Waals surface area (Å²) in [4.78, 5) is 0. The minimum absolute atomic E-state index is 0.221. The molecule has 0 aromatic heterocycles. The Labute approximate surface area is 80.5 Å². The molecule has 0 aromatic carbocycles. The number of hydrogen-bond acceptors (Lipinski definition) is 3. The fourth-order valence-corrected chi connectivity index (χ4v) is 1.67. The van der Waals surface area contributed by atoms with Crippen molar-refractivity contribution in [2.75, 3.05) is 13.2 Å². The number of nitrogens with one attached hydrogen (secondary N) is 1. The predicted octanol–water partition coefficient (Wildman–Crippen LogP) is 0.914. The predicted molar refractivity (Wildman–Crippen MR) is 52.7 cm³/mol. The summed E-state index contributed by atoms with van der Waals surface area (Å²) in [7, 11) is 0. The van der Waals surface area contributed by atoms with Crippen LogP contribution in [0, 0.1) is 0 Å². The Bertz CT molecular complexity index is 137. The van der Waals surface area contributed by atoms with Crippen molar-refractivity contribution in [1.82, 2.24) is 5.32 Å². The van der Waals surface area contributed by atoms with Gasteiger partial charge in [-0.25, -0.2) is 0 Å². The van der Waals surface area contributed by atoms with E-state index in [-0.39, 0.29) is 12.6 Å². The Morgan fingerprint density at radius 3 is 2.77 bits per heavy atom. The van der Waals surface area contributed by atoms with Gasteiger partial charge in [0.15, 0.2) is 0 Å². The van der Waals surface area contributed by atoms with Crippen molar-refractivity contribution < 1.29 is 9.84 Å². The molecule has 1 aliphatic heterocycles. The summed E-state index contributed by atoms with van der Waals surface area (Å²) in [6, 6.07) is 0.236. The highest BCUT2D eigenvalue weighted by atomic mass is 16.5. The van der Waals surface area contributed by atoms with Gasteiger partial charge in [-0.05, 0) is 26.2 Å². The van der Waals surface area contributed by atoms with Gasteiger partial charge in [0.25, 0.3) is 0 Å². The zero-order valence-corrected chi connectivity index (χ0v) is 8.62. The van der Waals surface area contributed by atoms with E-state index in [0.717, 1.165) is 19.4 Å². The lowest BCUT2D eigenvalue weighted by Crippen LogP contribution is -2.37. The van der Waals surface area contributed by atoms with Crippen LogP contribution in [0.25, 0.3) is 0 Å². The summed E-state index contributed by atoms with van der Waals surface area (Å²) >= 11 is 0. The Balaban J connectivity index is 2.11. The van der Waals surface area contributed by atoms with Crippen molar-refractivity contribution in [2.45, 2.75) is 51.4 Å². The molecule has 1 saturated heterocycles. The largest absolute Gasteiger partial charge is 0.395 e. The molecule has 0 spiro atoms. The summed E-state index contributed by atoms with van der Waals surface area (Å²) in [6.45, 7) is 5.29. The molecule has 78 valence electrons. The van der Waals surface area contributed by atoms with Crippen molar-refractivity contribution in [3.05, 3.63) is 0 Å². The summed E-state index contributed by atoms with van der Waals surface area (Å²) < 4.78 is 5.66. The molecule has 0 aromatic rings. The van der Waals surface area contributed by atoms with E-state index in [9.17, 15) is 0 Å². The molecule has 0 radical (unpaired) electrons. The van der Waals surface area contributed by atoms with E-state index in [1.165, 1.54) is 6.42 Å². The molecule has 3 heteroatoms. The van der Waals surface area contributed by atoms with Crippen LogP contribution in [0.1, 0.15) is 33.1 Å². The second kappa shape index (κ2) is 5.58. The van der Waals surface area contributed by atoms with Gasteiger partial charge in [0.2, 0.25) is 0 Å². The minimum atomic E-state index is 0.221. The maximum absolute atomic E-state index is 8.95. The lowest BCUT2D eigenvalue weighted by molar-refractivity contribution is 0.0526. The zero-order chi connectivity index (χ0) is 9.68. The van der Waals surface area contributed by atoms with E-state index >= 15 is 0 Å². The quantitative estimate of drug-likeness (QED) is 0.672. The van der Waals surface area contributed by atoms with E-state index in [4.69, 9.17) is 9.84 Å². The van der Waals surface area contributed by atoms with Crippen molar-refractivity contribution in [3.8, 4) is 0 Å². The molecule has 2 N–H and O–H groups in total. The lowest BCUT2D eigenvalue weighted by atomic mass is 10.2. The van der Waals surface area contributed by atoms with Crippen LogP contribution in [0.5, 0.6) is 0 Å². The van der Waals surface area contributed by atoms with Crippen LogP contribution in [0.4, 0.5) is 0 Å². The van der Waals surface area contributed by atoms with Gasteiger partial charge in [-0.3, -0.25) is 0 Å². The monoisotopic (exact) mass is 187 g/mol. The Morgan fingerprint density at radius 2 is 2.31 bits per heavy atom. The summed E-state index contributed by atoms with van der Waals surface area (Å²) in [6.07, 6.45) is 4.06. The van der Waals surface area contributed by atoms with Crippen LogP contribution in [-0.4, -0.2) is 36.5 Å². The van der Waals surface area contributed by atoms with E-state index in [1.807, 2.05) is 0 Å². The van der Waals surface area contributed by atoms with Crippen LogP contribution in [0.15, 0.2) is 0 Å². The number of aliphatic hydroxyl groups excluding tert-OH is 1. The van der Waals surface area contributed by atoms with Gasteiger partial charge in [0, 0.05) is 12.6 Å². The fraction of sp³-hybridized carbons (Fsp3) is 1.00. The molecule has 0 aliphatic carbocycles. The summed E-state index contributed by atoms with van der Waals surface area (Å²) in [5, 5.41) is 12.3. The van der Waals surface area contributed by atoms with Crippen molar-refractivity contribution in [2.24, 2.45) is 0 Å². The minimum Gasteiger partial charge on any atom is -0.395 e. The Kier molecular flexibility index (Phi) is 4.70. The first-order chi connectivity index (χ1) is 6.26. The Morgan fingerprint density at radius 1 is 1.54 bits per heavy atom. The third-order valence-electron chi connectivity index (χ3n) is 2.67. The lowest BCUT2D eigenvalue weighted by Gasteiger charge is -2.17. The second-order valence-corrected chi connectivity index (χ2v) is 3.84. The fourth-order valence-electron chi connectivity index (χ4n) is 1.67. The third kappa shape index (κ3) is 3.63. The standard InChI is InChI=1S/C10H21NO2/c1-3-9(7-12)11-6-10-5-4-8(2)13-10/h8-12H,3-7H2,1-2H3/t8?,9-,10?/m1/s1. The van der Waals surface area contributed by atoms with Gasteiger partial charge in [-0.1, -0.05) is 6.92 Å². The third-order valence-corrected chi connectivity index (χ3v) is 2.67. The van der Waals surface area contributed by atoms with Crippen LogP contribution in [0.3, 0.4) is 0 Å². The summed E-state index contributed by atoms with van der Waals surface area (Å²) in [5.41, 5.74) is 0. The van der Waals surface area contributed by atoms with Gasteiger partial charge >= 0.3 is 0 Å². The van der Waals surface area contributed by atoms with Gasteiger partial charge < -0.3 is 15.2 Å². The van der Waals surface area contributed by atoms with Crippen molar-refractivity contribution >= 4 is 0 Å². The smallest absolute Gasteiger partial charge is 0.0704 e. The molecular formula is C10H21NO2. The van der Waals surface area contributed by atoms with Crippen LogP contribution >= 0.6 is 0 Å². The van der Waals surface area contributed by atoms with Crippen LogP contribution in [0.2, 0.25) is 0 Å². The van der Waals surface area contributed by atoms with Gasteiger partial charge in [-0.2, -0.15) is 0 Å². The normalized spacial score (nSPS) is 30.7. The molecule has 3 nitrogen and oxygen atoms in total. The first-order valence-electron chi connectivity index (χ1n) is 5.26. The van der Waals surface area contributed by atoms with Gasteiger partial charge in [0.05, 0.1) is 18.8 Å². The second-order valence-electron chi connectivity index (χ2n) is 3.84. The molecule has 3 atom stereocenters. The van der Waals surface area contributed by atoms with E-state index < -0.39 is 0 Å².